The molecule has 2 heteroatoms. The normalized spacial score (nSPS) is 18.8. The van der Waals surface area contributed by atoms with Crippen LogP contribution in [0.15, 0.2) is 18.2 Å². The van der Waals surface area contributed by atoms with Crippen LogP contribution < -0.4 is 10.1 Å². The summed E-state index contributed by atoms with van der Waals surface area (Å²) in [7, 11) is 0. The van der Waals surface area contributed by atoms with Crippen molar-refractivity contribution in [2.24, 2.45) is 5.41 Å². The van der Waals surface area contributed by atoms with Crippen molar-refractivity contribution in [3.05, 3.63) is 29.3 Å². The average Bonchev–Trinajstić information content (AvgIpc) is 2.57. The Bertz CT molecular complexity index is 457. The Morgan fingerprint density at radius 2 is 2.00 bits per heavy atom. The SMILES string of the molecule is CC(NCc1ccc2c(c1)CC(C)(C)O2)C(C)(C)C. The summed E-state index contributed by atoms with van der Waals surface area (Å²) < 4.78 is 5.91. The van der Waals surface area contributed by atoms with Crippen LogP contribution >= 0.6 is 0 Å². The van der Waals surface area contributed by atoms with Crippen molar-refractivity contribution in [1.29, 1.82) is 0 Å². The van der Waals surface area contributed by atoms with E-state index in [0.717, 1.165) is 18.7 Å². The van der Waals surface area contributed by atoms with Gasteiger partial charge in [-0.3, -0.25) is 0 Å². The van der Waals surface area contributed by atoms with Crippen LogP contribution in [-0.2, 0) is 13.0 Å². The van der Waals surface area contributed by atoms with Crippen molar-refractivity contribution in [2.45, 2.75) is 66.2 Å². The van der Waals surface area contributed by atoms with E-state index >= 15 is 0 Å². The summed E-state index contributed by atoms with van der Waals surface area (Å²) in [4.78, 5) is 0. The molecule has 0 fully saturated rings. The first-order chi connectivity index (χ1) is 8.67. The van der Waals surface area contributed by atoms with E-state index in [-0.39, 0.29) is 5.60 Å². The molecule has 1 N–H and O–H groups in total. The van der Waals surface area contributed by atoms with Gasteiger partial charge in [0.1, 0.15) is 11.4 Å². The van der Waals surface area contributed by atoms with Gasteiger partial charge in [-0.1, -0.05) is 32.9 Å². The number of fused-ring (bicyclic) bond motifs is 1. The third kappa shape index (κ3) is 3.50. The molecule has 0 spiro atoms. The molecule has 0 saturated carbocycles. The number of benzene rings is 1. The quantitative estimate of drug-likeness (QED) is 0.890. The number of hydrogen-bond donors (Lipinski definition) is 1. The first-order valence-corrected chi connectivity index (χ1v) is 7.22. The van der Waals surface area contributed by atoms with Crippen LogP contribution in [0.2, 0.25) is 0 Å². The minimum atomic E-state index is -0.0485. The van der Waals surface area contributed by atoms with Crippen LogP contribution in [0.4, 0.5) is 0 Å². The van der Waals surface area contributed by atoms with Gasteiger partial charge >= 0.3 is 0 Å². The molecular weight excluding hydrogens is 234 g/mol. The Hall–Kier alpha value is -1.02. The summed E-state index contributed by atoms with van der Waals surface area (Å²) in [5.74, 6) is 1.05. The topological polar surface area (TPSA) is 21.3 Å². The molecule has 2 rings (SSSR count). The lowest BCUT2D eigenvalue weighted by Crippen LogP contribution is -2.37. The Morgan fingerprint density at radius 1 is 1.32 bits per heavy atom. The molecule has 19 heavy (non-hydrogen) atoms. The zero-order chi connectivity index (χ0) is 14.3. The first-order valence-electron chi connectivity index (χ1n) is 7.22. The monoisotopic (exact) mass is 261 g/mol. The van der Waals surface area contributed by atoms with Gasteiger partial charge in [0.15, 0.2) is 0 Å². The summed E-state index contributed by atoms with van der Waals surface area (Å²) in [6.45, 7) is 14.3. The zero-order valence-corrected chi connectivity index (χ0v) is 13.1. The standard InChI is InChI=1S/C17H27NO/c1-12(16(2,3)4)18-11-13-7-8-15-14(9-13)10-17(5,6)19-15/h7-9,12,18H,10-11H2,1-6H3. The summed E-state index contributed by atoms with van der Waals surface area (Å²) in [6.07, 6.45) is 1.00. The van der Waals surface area contributed by atoms with Crippen molar-refractivity contribution < 1.29 is 4.74 Å². The van der Waals surface area contributed by atoms with Gasteiger partial charge in [0, 0.05) is 19.0 Å². The van der Waals surface area contributed by atoms with Gasteiger partial charge < -0.3 is 10.1 Å². The van der Waals surface area contributed by atoms with Crippen LogP contribution in [0.5, 0.6) is 5.75 Å². The summed E-state index contributed by atoms with van der Waals surface area (Å²) >= 11 is 0. The second-order valence-electron chi connectivity index (χ2n) is 7.45. The molecular formula is C17H27NO. The molecule has 0 saturated heterocycles. The van der Waals surface area contributed by atoms with Crippen LogP contribution in [0.3, 0.4) is 0 Å². The fourth-order valence-corrected chi connectivity index (χ4v) is 2.35. The van der Waals surface area contributed by atoms with Gasteiger partial charge in [0.05, 0.1) is 0 Å². The van der Waals surface area contributed by atoms with Crippen molar-refractivity contribution in [3.63, 3.8) is 0 Å². The van der Waals surface area contributed by atoms with Gasteiger partial charge in [-0.2, -0.15) is 0 Å². The van der Waals surface area contributed by atoms with E-state index in [1.54, 1.807) is 0 Å². The molecule has 2 nitrogen and oxygen atoms in total. The van der Waals surface area contributed by atoms with Crippen LogP contribution in [0.25, 0.3) is 0 Å². The molecule has 106 valence electrons. The van der Waals surface area contributed by atoms with Gasteiger partial charge in [-0.25, -0.2) is 0 Å². The van der Waals surface area contributed by atoms with E-state index in [1.807, 2.05) is 0 Å². The second kappa shape index (κ2) is 4.82. The number of nitrogens with one attached hydrogen (secondary N) is 1. The van der Waals surface area contributed by atoms with E-state index in [1.165, 1.54) is 11.1 Å². The van der Waals surface area contributed by atoms with Crippen LogP contribution in [0, 0.1) is 5.41 Å². The number of hydrogen-bond acceptors (Lipinski definition) is 2. The predicted octanol–water partition coefficient (Wildman–Crippen LogP) is 3.92. The summed E-state index contributed by atoms with van der Waals surface area (Å²) in [5, 5.41) is 3.61. The van der Waals surface area contributed by atoms with Crippen molar-refractivity contribution in [1.82, 2.24) is 5.32 Å². The maximum atomic E-state index is 5.91. The number of ether oxygens (including phenoxy) is 1. The van der Waals surface area contributed by atoms with Gasteiger partial charge in [0.2, 0.25) is 0 Å². The minimum Gasteiger partial charge on any atom is -0.487 e. The third-order valence-corrected chi connectivity index (χ3v) is 4.04. The molecule has 0 amide bonds. The Labute approximate surface area is 117 Å². The Kier molecular flexibility index (Phi) is 3.65. The summed E-state index contributed by atoms with van der Waals surface area (Å²) in [6, 6.07) is 7.06. The maximum Gasteiger partial charge on any atom is 0.123 e. The van der Waals surface area contributed by atoms with E-state index in [4.69, 9.17) is 4.74 Å². The van der Waals surface area contributed by atoms with E-state index in [0.29, 0.717) is 11.5 Å². The maximum absolute atomic E-state index is 5.91. The van der Waals surface area contributed by atoms with Gasteiger partial charge in [-0.15, -0.1) is 0 Å². The average molecular weight is 261 g/mol. The molecule has 0 aliphatic carbocycles. The Morgan fingerprint density at radius 3 is 2.63 bits per heavy atom. The fraction of sp³-hybridized carbons (Fsp3) is 0.647. The van der Waals surface area contributed by atoms with Crippen molar-refractivity contribution in [2.75, 3.05) is 0 Å². The highest BCUT2D eigenvalue weighted by Crippen LogP contribution is 2.35. The van der Waals surface area contributed by atoms with E-state index < -0.39 is 0 Å². The highest BCUT2D eigenvalue weighted by atomic mass is 16.5. The lowest BCUT2D eigenvalue weighted by atomic mass is 9.88. The lowest BCUT2D eigenvalue weighted by molar-refractivity contribution is 0.138. The molecule has 0 bridgehead atoms. The highest BCUT2D eigenvalue weighted by molar-refractivity contribution is 5.41. The molecule has 1 aliphatic rings. The highest BCUT2D eigenvalue weighted by Gasteiger charge is 2.29. The molecule has 0 aromatic heterocycles. The largest absolute Gasteiger partial charge is 0.487 e. The first kappa shape index (κ1) is 14.4. The molecule has 1 aromatic carbocycles. The molecule has 1 heterocycles. The lowest BCUT2D eigenvalue weighted by Gasteiger charge is -2.28. The van der Waals surface area contributed by atoms with E-state index in [9.17, 15) is 0 Å². The van der Waals surface area contributed by atoms with Crippen molar-refractivity contribution >= 4 is 0 Å². The molecule has 0 radical (unpaired) electrons. The second-order valence-corrected chi connectivity index (χ2v) is 7.45. The van der Waals surface area contributed by atoms with Gasteiger partial charge in [0.25, 0.3) is 0 Å². The summed E-state index contributed by atoms with van der Waals surface area (Å²) in [5.41, 5.74) is 2.93. The molecule has 1 unspecified atom stereocenters. The predicted molar refractivity (Wildman–Crippen MR) is 80.6 cm³/mol. The van der Waals surface area contributed by atoms with Crippen LogP contribution in [0.1, 0.15) is 52.7 Å². The smallest absolute Gasteiger partial charge is 0.123 e. The third-order valence-electron chi connectivity index (χ3n) is 4.04. The van der Waals surface area contributed by atoms with Crippen molar-refractivity contribution in [3.8, 4) is 5.75 Å². The van der Waals surface area contributed by atoms with Crippen LogP contribution in [-0.4, -0.2) is 11.6 Å². The van der Waals surface area contributed by atoms with E-state index in [2.05, 4.69) is 65.1 Å². The molecule has 1 aromatic rings. The number of rotatable bonds is 3. The molecule has 1 aliphatic heterocycles. The molecule has 1 atom stereocenters. The minimum absolute atomic E-state index is 0.0485. The zero-order valence-electron chi connectivity index (χ0n) is 13.1. The van der Waals surface area contributed by atoms with Gasteiger partial charge in [-0.05, 0) is 43.4 Å². The Balaban J connectivity index is 2.01. The fourth-order valence-electron chi connectivity index (χ4n) is 2.35.